The van der Waals surface area contributed by atoms with Crippen molar-refractivity contribution in [1.82, 2.24) is 4.98 Å². The second-order valence-electron chi connectivity index (χ2n) is 5.28. The van der Waals surface area contributed by atoms with E-state index < -0.39 is 5.97 Å². The van der Waals surface area contributed by atoms with E-state index in [0.717, 1.165) is 29.2 Å². The molecule has 21 heavy (non-hydrogen) atoms. The van der Waals surface area contributed by atoms with Gasteiger partial charge in [0.05, 0.1) is 5.69 Å². The van der Waals surface area contributed by atoms with Gasteiger partial charge in [-0.05, 0) is 30.5 Å². The number of carbonyl (C=O) groups is 1. The highest BCUT2D eigenvalue weighted by molar-refractivity contribution is 7.17. The van der Waals surface area contributed by atoms with Gasteiger partial charge in [-0.2, -0.15) is 0 Å². The van der Waals surface area contributed by atoms with E-state index in [1.807, 2.05) is 36.2 Å². The van der Waals surface area contributed by atoms with Crippen LogP contribution in [-0.2, 0) is 6.54 Å². The van der Waals surface area contributed by atoms with Crippen molar-refractivity contribution in [1.29, 1.82) is 0 Å². The summed E-state index contributed by atoms with van der Waals surface area (Å²) in [6.45, 7) is 0.650. The van der Waals surface area contributed by atoms with E-state index in [1.54, 1.807) is 0 Å². The molecule has 1 fully saturated rings. The van der Waals surface area contributed by atoms with E-state index >= 15 is 0 Å². The van der Waals surface area contributed by atoms with Crippen molar-refractivity contribution in [3.05, 3.63) is 45.4 Å². The molecule has 1 saturated carbocycles. The number of aromatic nitrogens is 1. The molecule has 0 aliphatic heterocycles. The predicted octanol–water partition coefficient (Wildman–Crippen LogP) is 4.01. The smallest absolute Gasteiger partial charge is 0.347 e. The van der Waals surface area contributed by atoms with Gasteiger partial charge in [0.1, 0.15) is 4.88 Å². The number of hydrogen-bond acceptors (Lipinski definition) is 4. The van der Waals surface area contributed by atoms with Gasteiger partial charge in [-0.25, -0.2) is 9.78 Å². The van der Waals surface area contributed by atoms with E-state index in [4.69, 9.17) is 11.6 Å². The van der Waals surface area contributed by atoms with Crippen molar-refractivity contribution < 1.29 is 9.90 Å². The molecule has 110 valence electrons. The van der Waals surface area contributed by atoms with Crippen molar-refractivity contribution in [3.63, 3.8) is 0 Å². The topological polar surface area (TPSA) is 53.4 Å². The Morgan fingerprint density at radius 3 is 2.90 bits per heavy atom. The summed E-state index contributed by atoms with van der Waals surface area (Å²) in [5.41, 5.74) is 1.82. The first-order chi connectivity index (χ1) is 10.0. The van der Waals surface area contributed by atoms with Gasteiger partial charge in [0.2, 0.25) is 0 Å². The summed E-state index contributed by atoms with van der Waals surface area (Å²) in [4.78, 5) is 18.2. The number of carboxylic acid groups (broad SMARTS) is 1. The number of rotatable bonds is 5. The van der Waals surface area contributed by atoms with Crippen molar-refractivity contribution in [2.75, 3.05) is 11.9 Å². The van der Waals surface area contributed by atoms with E-state index in [0.29, 0.717) is 22.4 Å². The molecule has 1 aliphatic rings. The summed E-state index contributed by atoms with van der Waals surface area (Å²) in [5, 5.41) is 10.7. The Morgan fingerprint density at radius 2 is 2.29 bits per heavy atom. The fraction of sp³-hybridized carbons (Fsp3) is 0.333. The molecule has 4 nitrogen and oxygen atoms in total. The van der Waals surface area contributed by atoms with Gasteiger partial charge in [0.25, 0.3) is 0 Å². The first kappa shape index (κ1) is 14.4. The first-order valence-corrected chi connectivity index (χ1v) is 7.93. The van der Waals surface area contributed by atoms with Crippen LogP contribution in [0.1, 0.15) is 39.7 Å². The van der Waals surface area contributed by atoms with Crippen LogP contribution >= 0.6 is 22.9 Å². The van der Waals surface area contributed by atoms with E-state index in [-0.39, 0.29) is 0 Å². The van der Waals surface area contributed by atoms with Crippen molar-refractivity contribution in [2.45, 2.75) is 25.3 Å². The van der Waals surface area contributed by atoms with Crippen LogP contribution in [-0.4, -0.2) is 23.1 Å². The highest BCUT2D eigenvalue weighted by atomic mass is 35.5. The van der Waals surface area contributed by atoms with E-state index in [2.05, 4.69) is 4.98 Å². The maximum atomic E-state index is 11.3. The molecular weight excluding hydrogens is 308 g/mol. The van der Waals surface area contributed by atoms with Gasteiger partial charge in [0.15, 0.2) is 5.13 Å². The highest BCUT2D eigenvalue weighted by Gasteiger charge is 2.32. The Kier molecular flexibility index (Phi) is 3.87. The molecule has 1 aromatic heterocycles. The van der Waals surface area contributed by atoms with Crippen LogP contribution in [0.4, 0.5) is 5.13 Å². The fourth-order valence-electron chi connectivity index (χ4n) is 2.25. The summed E-state index contributed by atoms with van der Waals surface area (Å²) in [5.74, 6) is -0.544. The van der Waals surface area contributed by atoms with Crippen molar-refractivity contribution >= 4 is 34.0 Å². The third-order valence-electron chi connectivity index (χ3n) is 3.44. The summed E-state index contributed by atoms with van der Waals surface area (Å²) in [6, 6.07) is 7.65. The minimum Gasteiger partial charge on any atom is -0.477 e. The molecule has 1 aromatic carbocycles. The second kappa shape index (κ2) is 5.66. The maximum absolute atomic E-state index is 11.3. The normalized spacial score (nSPS) is 14.2. The fourth-order valence-corrected chi connectivity index (χ4v) is 3.41. The van der Waals surface area contributed by atoms with Gasteiger partial charge in [-0.1, -0.05) is 35.1 Å². The molecule has 0 radical (unpaired) electrons. The lowest BCUT2D eigenvalue weighted by atomic mass is 10.2. The Labute approximate surface area is 132 Å². The zero-order valence-corrected chi connectivity index (χ0v) is 13.1. The SMILES string of the molecule is CN(Cc1cccc(Cl)c1)c1nc(C2CC2)c(C(=O)O)s1. The second-order valence-corrected chi connectivity index (χ2v) is 6.69. The Balaban J connectivity index is 1.82. The Bertz CT molecular complexity index is 682. The van der Waals surface area contributed by atoms with Gasteiger partial charge < -0.3 is 10.0 Å². The minimum absolute atomic E-state index is 0.334. The molecular formula is C15H15ClN2O2S. The van der Waals surface area contributed by atoms with Crippen LogP contribution in [0.25, 0.3) is 0 Å². The molecule has 1 N–H and O–H groups in total. The van der Waals surface area contributed by atoms with Crippen molar-refractivity contribution in [3.8, 4) is 0 Å². The van der Waals surface area contributed by atoms with E-state index in [9.17, 15) is 9.90 Å². The van der Waals surface area contributed by atoms with Gasteiger partial charge in [-0.3, -0.25) is 0 Å². The zero-order valence-electron chi connectivity index (χ0n) is 11.5. The summed E-state index contributed by atoms with van der Waals surface area (Å²) < 4.78 is 0. The first-order valence-electron chi connectivity index (χ1n) is 6.74. The van der Waals surface area contributed by atoms with Crippen LogP contribution in [0.5, 0.6) is 0 Å². The molecule has 0 atom stereocenters. The molecule has 0 amide bonds. The molecule has 0 unspecified atom stereocenters. The summed E-state index contributed by atoms with van der Waals surface area (Å²) in [6.07, 6.45) is 2.09. The van der Waals surface area contributed by atoms with Crippen LogP contribution in [0.15, 0.2) is 24.3 Å². The molecule has 6 heteroatoms. The number of benzene rings is 1. The lowest BCUT2D eigenvalue weighted by Crippen LogP contribution is -2.16. The standard InChI is InChI=1S/C15H15ClN2O2S/c1-18(8-9-3-2-4-11(16)7-9)15-17-12(10-5-6-10)13(21-15)14(19)20/h2-4,7,10H,5-6,8H2,1H3,(H,19,20). The molecule has 3 rings (SSSR count). The summed E-state index contributed by atoms with van der Waals surface area (Å²) in [7, 11) is 1.92. The van der Waals surface area contributed by atoms with Gasteiger partial charge in [0, 0.05) is 24.5 Å². The zero-order chi connectivity index (χ0) is 15.0. The number of halogens is 1. The number of aromatic carboxylic acids is 1. The van der Waals surface area contributed by atoms with Crippen LogP contribution in [0.3, 0.4) is 0 Å². The quantitative estimate of drug-likeness (QED) is 0.903. The molecule has 1 heterocycles. The largest absolute Gasteiger partial charge is 0.477 e. The van der Waals surface area contributed by atoms with Crippen molar-refractivity contribution in [2.24, 2.45) is 0 Å². The Hall–Kier alpha value is -1.59. The average molecular weight is 323 g/mol. The van der Waals surface area contributed by atoms with Gasteiger partial charge >= 0.3 is 5.97 Å². The van der Waals surface area contributed by atoms with Gasteiger partial charge in [-0.15, -0.1) is 0 Å². The Morgan fingerprint density at radius 1 is 1.52 bits per heavy atom. The summed E-state index contributed by atoms with van der Waals surface area (Å²) >= 11 is 7.24. The molecule has 0 bridgehead atoms. The van der Waals surface area contributed by atoms with Crippen LogP contribution in [0.2, 0.25) is 5.02 Å². The lowest BCUT2D eigenvalue weighted by Gasteiger charge is -2.15. The number of nitrogens with zero attached hydrogens (tertiary/aromatic N) is 2. The number of hydrogen-bond donors (Lipinski definition) is 1. The molecule has 0 spiro atoms. The predicted molar refractivity (Wildman–Crippen MR) is 84.6 cm³/mol. The number of carboxylic acids is 1. The lowest BCUT2D eigenvalue weighted by molar-refractivity contribution is 0.0700. The monoisotopic (exact) mass is 322 g/mol. The van der Waals surface area contributed by atoms with E-state index in [1.165, 1.54) is 11.3 Å². The molecule has 1 aliphatic carbocycles. The molecule has 2 aromatic rings. The highest BCUT2D eigenvalue weighted by Crippen LogP contribution is 2.44. The third-order valence-corrected chi connectivity index (χ3v) is 4.84. The molecule has 0 saturated heterocycles. The number of thiazole rings is 1. The van der Waals surface area contributed by atoms with Crippen LogP contribution < -0.4 is 4.90 Å². The average Bonchev–Trinajstić information content (AvgIpc) is 3.17. The maximum Gasteiger partial charge on any atom is 0.347 e. The van der Waals surface area contributed by atoms with Crippen LogP contribution in [0, 0.1) is 0 Å². The third kappa shape index (κ3) is 3.19. The minimum atomic E-state index is -0.878. The number of anilines is 1.